The molecule has 1 atom stereocenters. The maximum atomic E-state index is 12.3. The highest BCUT2D eigenvalue weighted by Crippen LogP contribution is 2.25. The van der Waals surface area contributed by atoms with Crippen LogP contribution in [0.4, 0.5) is 5.69 Å². The Hall–Kier alpha value is -2.53. The lowest BCUT2D eigenvalue weighted by Gasteiger charge is -2.15. The Morgan fingerprint density at radius 3 is 2.77 bits per heavy atom. The van der Waals surface area contributed by atoms with Crippen LogP contribution in [0.3, 0.4) is 0 Å². The van der Waals surface area contributed by atoms with Crippen molar-refractivity contribution in [3.8, 4) is 11.5 Å². The molecule has 0 bridgehead atoms. The minimum Gasteiger partial charge on any atom is -0.489 e. The Morgan fingerprint density at radius 2 is 2.00 bits per heavy atom. The minimum atomic E-state index is -0.224. The van der Waals surface area contributed by atoms with Crippen LogP contribution < -0.4 is 14.8 Å². The molecule has 1 unspecified atom stereocenters. The standard InChI is InChI=1S/C21H25NO4/c1-15-9-10-19(16(2)12-15)26-14-21(23)22-18-7-3-4-8-20(18)25-13-17-6-5-11-24-17/h3-4,7-10,12,17H,5-6,11,13-14H2,1-2H3,(H,22,23). The van der Waals surface area contributed by atoms with Crippen molar-refractivity contribution in [2.75, 3.05) is 25.1 Å². The van der Waals surface area contributed by atoms with E-state index in [-0.39, 0.29) is 18.6 Å². The molecular weight excluding hydrogens is 330 g/mol. The number of hydrogen-bond acceptors (Lipinski definition) is 4. The predicted octanol–water partition coefficient (Wildman–Crippen LogP) is 3.88. The number of benzene rings is 2. The Labute approximate surface area is 154 Å². The zero-order valence-corrected chi connectivity index (χ0v) is 15.3. The first-order valence-electron chi connectivity index (χ1n) is 8.95. The van der Waals surface area contributed by atoms with E-state index in [0.717, 1.165) is 30.6 Å². The quantitative estimate of drug-likeness (QED) is 0.819. The summed E-state index contributed by atoms with van der Waals surface area (Å²) >= 11 is 0. The second-order valence-corrected chi connectivity index (χ2v) is 6.55. The molecule has 1 N–H and O–H groups in total. The number of carbonyl (C=O) groups excluding carboxylic acids is 1. The normalized spacial score (nSPS) is 16.3. The topological polar surface area (TPSA) is 56.8 Å². The van der Waals surface area contributed by atoms with Crippen LogP contribution in [-0.2, 0) is 9.53 Å². The van der Waals surface area contributed by atoms with Gasteiger partial charge >= 0.3 is 0 Å². The number of carbonyl (C=O) groups is 1. The van der Waals surface area contributed by atoms with E-state index < -0.39 is 0 Å². The molecule has 2 aromatic rings. The molecule has 0 radical (unpaired) electrons. The summed E-state index contributed by atoms with van der Waals surface area (Å²) in [5.41, 5.74) is 2.81. The van der Waals surface area contributed by atoms with Gasteiger partial charge in [-0.25, -0.2) is 0 Å². The molecule has 0 saturated carbocycles. The van der Waals surface area contributed by atoms with E-state index in [4.69, 9.17) is 14.2 Å². The number of aryl methyl sites for hydroxylation is 2. The fourth-order valence-corrected chi connectivity index (χ4v) is 2.95. The van der Waals surface area contributed by atoms with Gasteiger partial charge in [0.05, 0.1) is 11.8 Å². The molecule has 1 saturated heterocycles. The number of amides is 1. The summed E-state index contributed by atoms with van der Waals surface area (Å²) in [5, 5.41) is 2.86. The van der Waals surface area contributed by atoms with Crippen molar-refractivity contribution in [3.63, 3.8) is 0 Å². The van der Waals surface area contributed by atoms with Gasteiger partial charge in [-0.15, -0.1) is 0 Å². The first-order chi connectivity index (χ1) is 12.6. The first-order valence-corrected chi connectivity index (χ1v) is 8.95. The van der Waals surface area contributed by atoms with E-state index in [1.54, 1.807) is 0 Å². The van der Waals surface area contributed by atoms with Crippen LogP contribution in [0.25, 0.3) is 0 Å². The van der Waals surface area contributed by atoms with Gasteiger partial charge in [-0.05, 0) is 50.5 Å². The highest BCUT2D eigenvalue weighted by atomic mass is 16.5. The van der Waals surface area contributed by atoms with Gasteiger partial charge in [-0.1, -0.05) is 29.8 Å². The lowest BCUT2D eigenvalue weighted by molar-refractivity contribution is -0.118. The summed E-state index contributed by atoms with van der Waals surface area (Å²) in [6.45, 7) is 5.23. The number of ether oxygens (including phenoxy) is 3. The number of rotatable bonds is 7. The van der Waals surface area contributed by atoms with E-state index in [1.165, 1.54) is 0 Å². The molecule has 1 fully saturated rings. The lowest BCUT2D eigenvalue weighted by atomic mass is 10.1. The maximum absolute atomic E-state index is 12.3. The predicted molar refractivity (Wildman–Crippen MR) is 101 cm³/mol. The Balaban J connectivity index is 1.55. The van der Waals surface area contributed by atoms with Crippen molar-refractivity contribution < 1.29 is 19.0 Å². The number of nitrogens with one attached hydrogen (secondary N) is 1. The van der Waals surface area contributed by atoms with Gasteiger partial charge in [0.1, 0.15) is 18.1 Å². The van der Waals surface area contributed by atoms with Crippen LogP contribution in [-0.4, -0.2) is 31.8 Å². The summed E-state index contributed by atoms with van der Waals surface area (Å²) in [5.74, 6) is 1.13. The summed E-state index contributed by atoms with van der Waals surface area (Å²) in [6.07, 6.45) is 2.21. The van der Waals surface area contributed by atoms with E-state index in [0.29, 0.717) is 23.8 Å². The van der Waals surface area contributed by atoms with Gasteiger partial charge in [0.2, 0.25) is 0 Å². The zero-order valence-electron chi connectivity index (χ0n) is 15.3. The molecule has 1 amide bonds. The third-order valence-corrected chi connectivity index (χ3v) is 4.30. The highest BCUT2D eigenvalue weighted by Gasteiger charge is 2.17. The van der Waals surface area contributed by atoms with Crippen LogP contribution in [0.5, 0.6) is 11.5 Å². The molecule has 3 rings (SSSR count). The molecule has 5 heteroatoms. The van der Waals surface area contributed by atoms with Gasteiger partial charge in [0.25, 0.3) is 5.91 Å². The highest BCUT2D eigenvalue weighted by molar-refractivity contribution is 5.93. The fourth-order valence-electron chi connectivity index (χ4n) is 2.95. The van der Waals surface area contributed by atoms with Gasteiger partial charge in [0.15, 0.2) is 6.61 Å². The average Bonchev–Trinajstić information content (AvgIpc) is 3.14. The molecule has 1 heterocycles. The molecule has 26 heavy (non-hydrogen) atoms. The molecule has 1 aliphatic rings. The summed E-state index contributed by atoms with van der Waals surface area (Å²) in [4.78, 5) is 12.3. The Bertz CT molecular complexity index is 753. The van der Waals surface area contributed by atoms with E-state index in [1.807, 2.05) is 56.3 Å². The van der Waals surface area contributed by atoms with Crippen LogP contribution in [0.2, 0.25) is 0 Å². The average molecular weight is 355 g/mol. The van der Waals surface area contributed by atoms with Crippen molar-refractivity contribution in [2.45, 2.75) is 32.8 Å². The van der Waals surface area contributed by atoms with Crippen molar-refractivity contribution in [2.24, 2.45) is 0 Å². The number of hydrogen-bond donors (Lipinski definition) is 1. The third kappa shape index (κ3) is 4.99. The lowest BCUT2D eigenvalue weighted by Crippen LogP contribution is -2.22. The summed E-state index contributed by atoms with van der Waals surface area (Å²) < 4.78 is 17.0. The molecule has 2 aromatic carbocycles. The largest absolute Gasteiger partial charge is 0.489 e. The van der Waals surface area contributed by atoms with Gasteiger partial charge in [0, 0.05) is 6.61 Å². The maximum Gasteiger partial charge on any atom is 0.262 e. The Morgan fingerprint density at radius 1 is 1.15 bits per heavy atom. The van der Waals surface area contributed by atoms with Crippen molar-refractivity contribution >= 4 is 11.6 Å². The summed E-state index contributed by atoms with van der Waals surface area (Å²) in [6, 6.07) is 13.3. The molecular formula is C21H25NO4. The van der Waals surface area contributed by atoms with E-state index in [9.17, 15) is 4.79 Å². The van der Waals surface area contributed by atoms with E-state index in [2.05, 4.69) is 5.32 Å². The monoisotopic (exact) mass is 355 g/mol. The second-order valence-electron chi connectivity index (χ2n) is 6.55. The Kier molecular flexibility index (Phi) is 6.12. The molecule has 5 nitrogen and oxygen atoms in total. The third-order valence-electron chi connectivity index (χ3n) is 4.30. The van der Waals surface area contributed by atoms with Crippen LogP contribution >= 0.6 is 0 Å². The van der Waals surface area contributed by atoms with Crippen molar-refractivity contribution in [1.82, 2.24) is 0 Å². The SMILES string of the molecule is Cc1ccc(OCC(=O)Nc2ccccc2OCC2CCCO2)c(C)c1. The first kappa shape index (κ1) is 18.3. The molecule has 0 aromatic heterocycles. The number of para-hydroxylation sites is 2. The number of anilines is 1. The van der Waals surface area contributed by atoms with Crippen LogP contribution in [0, 0.1) is 13.8 Å². The fraction of sp³-hybridized carbons (Fsp3) is 0.381. The summed E-state index contributed by atoms with van der Waals surface area (Å²) in [7, 11) is 0. The van der Waals surface area contributed by atoms with E-state index >= 15 is 0 Å². The zero-order chi connectivity index (χ0) is 18.4. The van der Waals surface area contributed by atoms with Crippen LogP contribution in [0.15, 0.2) is 42.5 Å². The smallest absolute Gasteiger partial charge is 0.262 e. The molecule has 138 valence electrons. The van der Waals surface area contributed by atoms with Crippen molar-refractivity contribution in [3.05, 3.63) is 53.6 Å². The second kappa shape index (κ2) is 8.72. The molecule has 1 aliphatic heterocycles. The van der Waals surface area contributed by atoms with Gasteiger partial charge in [-0.2, -0.15) is 0 Å². The van der Waals surface area contributed by atoms with Crippen molar-refractivity contribution in [1.29, 1.82) is 0 Å². The minimum absolute atomic E-state index is 0.0516. The molecule has 0 spiro atoms. The van der Waals surface area contributed by atoms with Crippen LogP contribution in [0.1, 0.15) is 24.0 Å². The van der Waals surface area contributed by atoms with Gasteiger partial charge < -0.3 is 19.5 Å². The molecule has 0 aliphatic carbocycles. The van der Waals surface area contributed by atoms with Gasteiger partial charge in [-0.3, -0.25) is 4.79 Å².